The van der Waals surface area contributed by atoms with Gasteiger partial charge in [0.1, 0.15) is 5.82 Å². The second kappa shape index (κ2) is 8.08. The van der Waals surface area contributed by atoms with Crippen LogP contribution >= 0.6 is 0 Å². The SMILES string of the molecule is Nc1nc(-c2ccccc2)cc(N2CCN(C(=O)Cc3ccccc3)CC2)n1. The van der Waals surface area contributed by atoms with Crippen LogP contribution in [0.4, 0.5) is 11.8 Å². The van der Waals surface area contributed by atoms with Gasteiger partial charge in [-0.3, -0.25) is 4.79 Å². The van der Waals surface area contributed by atoms with Gasteiger partial charge in [0.2, 0.25) is 11.9 Å². The quantitative estimate of drug-likeness (QED) is 0.761. The lowest BCUT2D eigenvalue weighted by Gasteiger charge is -2.35. The molecular formula is C22H23N5O. The number of anilines is 2. The first-order chi connectivity index (χ1) is 13.7. The number of piperazine rings is 1. The maximum atomic E-state index is 12.6. The van der Waals surface area contributed by atoms with Gasteiger partial charge in [0, 0.05) is 37.8 Å². The number of amides is 1. The van der Waals surface area contributed by atoms with Crippen LogP contribution in [0.1, 0.15) is 5.56 Å². The summed E-state index contributed by atoms with van der Waals surface area (Å²) in [5.41, 5.74) is 8.82. The Morgan fingerprint density at radius 1 is 0.893 bits per heavy atom. The van der Waals surface area contributed by atoms with Crippen molar-refractivity contribution in [2.75, 3.05) is 36.8 Å². The normalized spacial score (nSPS) is 14.1. The molecule has 0 spiro atoms. The van der Waals surface area contributed by atoms with Crippen LogP contribution in [0.5, 0.6) is 0 Å². The Morgan fingerprint density at radius 3 is 2.21 bits per heavy atom. The van der Waals surface area contributed by atoms with Crippen molar-refractivity contribution in [1.82, 2.24) is 14.9 Å². The molecule has 0 unspecified atom stereocenters. The lowest BCUT2D eigenvalue weighted by atomic mass is 10.1. The predicted octanol–water partition coefficient (Wildman–Crippen LogP) is 2.62. The Bertz CT molecular complexity index is 938. The largest absolute Gasteiger partial charge is 0.368 e. The second-order valence-corrected chi connectivity index (χ2v) is 6.87. The summed E-state index contributed by atoms with van der Waals surface area (Å²) in [6.45, 7) is 2.81. The highest BCUT2D eigenvalue weighted by molar-refractivity contribution is 5.79. The number of carbonyl (C=O) groups excluding carboxylic acids is 1. The topological polar surface area (TPSA) is 75.3 Å². The Morgan fingerprint density at radius 2 is 1.54 bits per heavy atom. The van der Waals surface area contributed by atoms with Gasteiger partial charge in [0.15, 0.2) is 0 Å². The van der Waals surface area contributed by atoms with Crippen LogP contribution in [-0.2, 0) is 11.2 Å². The Balaban J connectivity index is 1.42. The van der Waals surface area contributed by atoms with Crippen LogP contribution in [0.25, 0.3) is 11.3 Å². The monoisotopic (exact) mass is 373 g/mol. The molecule has 0 radical (unpaired) electrons. The summed E-state index contributed by atoms with van der Waals surface area (Å²) in [5, 5.41) is 0. The van der Waals surface area contributed by atoms with Gasteiger partial charge in [0.05, 0.1) is 12.1 Å². The summed E-state index contributed by atoms with van der Waals surface area (Å²) in [6, 6.07) is 21.8. The highest BCUT2D eigenvalue weighted by atomic mass is 16.2. The fourth-order valence-corrected chi connectivity index (χ4v) is 3.44. The number of nitrogens with two attached hydrogens (primary N) is 1. The first-order valence-corrected chi connectivity index (χ1v) is 9.46. The van der Waals surface area contributed by atoms with E-state index in [1.54, 1.807) is 0 Å². The molecule has 1 fully saturated rings. The first kappa shape index (κ1) is 18.0. The molecule has 2 N–H and O–H groups in total. The van der Waals surface area contributed by atoms with Crippen LogP contribution in [0.3, 0.4) is 0 Å². The molecule has 1 saturated heterocycles. The van der Waals surface area contributed by atoms with E-state index in [-0.39, 0.29) is 11.9 Å². The highest BCUT2D eigenvalue weighted by Crippen LogP contribution is 2.23. The molecule has 1 aliphatic rings. The molecule has 1 aliphatic heterocycles. The average molecular weight is 373 g/mol. The molecule has 6 heteroatoms. The predicted molar refractivity (Wildman–Crippen MR) is 111 cm³/mol. The molecule has 1 amide bonds. The number of benzene rings is 2. The van der Waals surface area contributed by atoms with Gasteiger partial charge in [-0.2, -0.15) is 4.98 Å². The summed E-state index contributed by atoms with van der Waals surface area (Å²) in [7, 11) is 0. The van der Waals surface area contributed by atoms with Crippen LogP contribution < -0.4 is 10.6 Å². The van der Waals surface area contributed by atoms with E-state index in [1.807, 2.05) is 71.6 Å². The van der Waals surface area contributed by atoms with Crippen molar-refractivity contribution >= 4 is 17.7 Å². The minimum Gasteiger partial charge on any atom is -0.368 e. The standard InChI is InChI=1S/C22H23N5O/c23-22-24-19(18-9-5-2-6-10-18)16-20(25-22)26-11-13-27(14-12-26)21(28)15-17-7-3-1-4-8-17/h1-10,16H,11-15H2,(H2,23,24,25). The summed E-state index contributed by atoms with van der Waals surface area (Å²) in [6.07, 6.45) is 0.444. The molecule has 0 saturated carbocycles. The Kier molecular flexibility index (Phi) is 5.19. The fraction of sp³-hybridized carbons (Fsp3) is 0.227. The van der Waals surface area contributed by atoms with Crippen molar-refractivity contribution in [3.05, 3.63) is 72.3 Å². The van der Waals surface area contributed by atoms with E-state index in [0.29, 0.717) is 19.5 Å². The summed E-state index contributed by atoms with van der Waals surface area (Å²) in [4.78, 5) is 25.4. The molecule has 0 aliphatic carbocycles. The van der Waals surface area contributed by atoms with Crippen LogP contribution in [0.2, 0.25) is 0 Å². The van der Waals surface area contributed by atoms with Gasteiger partial charge in [-0.05, 0) is 5.56 Å². The first-order valence-electron chi connectivity index (χ1n) is 9.46. The molecule has 28 heavy (non-hydrogen) atoms. The van der Waals surface area contributed by atoms with Gasteiger partial charge in [-0.15, -0.1) is 0 Å². The minimum absolute atomic E-state index is 0.165. The van der Waals surface area contributed by atoms with Crippen molar-refractivity contribution < 1.29 is 4.79 Å². The molecule has 3 aromatic rings. The van der Waals surface area contributed by atoms with Gasteiger partial charge >= 0.3 is 0 Å². The van der Waals surface area contributed by atoms with E-state index in [4.69, 9.17) is 5.73 Å². The number of nitrogens with zero attached hydrogens (tertiary/aromatic N) is 4. The number of hydrogen-bond acceptors (Lipinski definition) is 5. The number of hydrogen-bond donors (Lipinski definition) is 1. The molecule has 0 atom stereocenters. The minimum atomic E-state index is 0.165. The van der Waals surface area contributed by atoms with E-state index in [9.17, 15) is 4.79 Å². The highest BCUT2D eigenvalue weighted by Gasteiger charge is 2.22. The van der Waals surface area contributed by atoms with E-state index in [1.165, 1.54) is 0 Å². The Labute approximate surface area is 164 Å². The zero-order valence-electron chi connectivity index (χ0n) is 15.7. The lowest BCUT2D eigenvalue weighted by molar-refractivity contribution is -0.130. The van der Waals surface area contributed by atoms with Crippen molar-refractivity contribution in [2.45, 2.75) is 6.42 Å². The molecular weight excluding hydrogens is 350 g/mol. The maximum absolute atomic E-state index is 12.6. The van der Waals surface area contributed by atoms with Crippen LogP contribution in [0, 0.1) is 0 Å². The third-order valence-corrected chi connectivity index (χ3v) is 4.95. The van der Waals surface area contributed by atoms with Gasteiger partial charge in [0.25, 0.3) is 0 Å². The molecule has 142 valence electrons. The van der Waals surface area contributed by atoms with Crippen molar-refractivity contribution in [3.8, 4) is 11.3 Å². The van der Waals surface area contributed by atoms with Crippen LogP contribution in [0.15, 0.2) is 66.7 Å². The van der Waals surface area contributed by atoms with E-state index < -0.39 is 0 Å². The zero-order chi connectivity index (χ0) is 19.3. The summed E-state index contributed by atoms with van der Waals surface area (Å²) >= 11 is 0. The fourth-order valence-electron chi connectivity index (χ4n) is 3.44. The lowest BCUT2D eigenvalue weighted by Crippen LogP contribution is -2.49. The summed E-state index contributed by atoms with van der Waals surface area (Å²) < 4.78 is 0. The third-order valence-electron chi connectivity index (χ3n) is 4.95. The van der Waals surface area contributed by atoms with Crippen molar-refractivity contribution in [3.63, 3.8) is 0 Å². The van der Waals surface area contributed by atoms with E-state index >= 15 is 0 Å². The van der Waals surface area contributed by atoms with Crippen molar-refractivity contribution in [1.29, 1.82) is 0 Å². The molecule has 2 heterocycles. The molecule has 4 rings (SSSR count). The maximum Gasteiger partial charge on any atom is 0.227 e. The van der Waals surface area contributed by atoms with E-state index in [2.05, 4.69) is 14.9 Å². The molecule has 2 aromatic carbocycles. The third kappa shape index (κ3) is 4.11. The number of nitrogen functional groups attached to an aromatic ring is 1. The van der Waals surface area contributed by atoms with Crippen molar-refractivity contribution in [2.24, 2.45) is 0 Å². The van der Waals surface area contributed by atoms with Gasteiger partial charge < -0.3 is 15.5 Å². The van der Waals surface area contributed by atoms with Gasteiger partial charge in [-0.1, -0.05) is 60.7 Å². The molecule has 0 bridgehead atoms. The molecule has 6 nitrogen and oxygen atoms in total. The molecule has 1 aromatic heterocycles. The van der Waals surface area contributed by atoms with Crippen LogP contribution in [-0.4, -0.2) is 47.0 Å². The summed E-state index contributed by atoms with van der Waals surface area (Å²) in [5.74, 6) is 1.23. The Hall–Kier alpha value is -3.41. The van der Waals surface area contributed by atoms with Gasteiger partial charge in [-0.25, -0.2) is 4.98 Å². The number of carbonyl (C=O) groups is 1. The number of aromatic nitrogens is 2. The van der Waals surface area contributed by atoms with E-state index in [0.717, 1.165) is 35.7 Å². The zero-order valence-corrected chi connectivity index (χ0v) is 15.7. The average Bonchev–Trinajstić information content (AvgIpc) is 2.75. The smallest absolute Gasteiger partial charge is 0.227 e. The number of rotatable bonds is 4. The second-order valence-electron chi connectivity index (χ2n) is 6.87.